The molecule has 1 heterocycles. The molecule has 2 nitrogen and oxygen atoms in total. The standard InChI is InChI=1S/C12H9BrCl2N2/c13-11-5-10(15)7-17-12(11)16-6-8-1-3-9(14)4-2-8/h1-5,7H,6H2,(H,16,17). The number of anilines is 1. The molecule has 2 aromatic rings. The third kappa shape index (κ3) is 3.60. The zero-order valence-corrected chi connectivity index (χ0v) is 11.9. The van der Waals surface area contributed by atoms with Crippen molar-refractivity contribution in [3.8, 4) is 0 Å². The van der Waals surface area contributed by atoms with Crippen LogP contribution in [0.3, 0.4) is 0 Å². The molecule has 0 saturated heterocycles. The first-order valence-electron chi connectivity index (χ1n) is 4.94. The molecule has 2 rings (SSSR count). The lowest BCUT2D eigenvalue weighted by Gasteiger charge is -2.07. The van der Waals surface area contributed by atoms with E-state index < -0.39 is 0 Å². The second-order valence-electron chi connectivity index (χ2n) is 3.46. The molecule has 0 radical (unpaired) electrons. The Labute approximate surface area is 118 Å². The summed E-state index contributed by atoms with van der Waals surface area (Å²) < 4.78 is 0.846. The fraction of sp³-hybridized carbons (Fsp3) is 0.0833. The van der Waals surface area contributed by atoms with E-state index in [0.29, 0.717) is 11.6 Å². The molecule has 0 amide bonds. The van der Waals surface area contributed by atoms with E-state index in [1.165, 1.54) is 0 Å². The molecule has 0 aliphatic carbocycles. The van der Waals surface area contributed by atoms with E-state index >= 15 is 0 Å². The zero-order valence-electron chi connectivity index (χ0n) is 8.75. The first kappa shape index (κ1) is 12.7. The molecule has 5 heteroatoms. The SMILES string of the molecule is Clc1ccc(CNc2ncc(Cl)cc2Br)cc1. The maximum Gasteiger partial charge on any atom is 0.140 e. The van der Waals surface area contributed by atoms with Crippen LogP contribution < -0.4 is 5.32 Å². The van der Waals surface area contributed by atoms with Gasteiger partial charge in [-0.2, -0.15) is 0 Å². The Morgan fingerprint density at radius 1 is 1.12 bits per heavy atom. The summed E-state index contributed by atoms with van der Waals surface area (Å²) in [5, 5.41) is 4.56. The van der Waals surface area contributed by atoms with Gasteiger partial charge in [0.2, 0.25) is 0 Å². The maximum atomic E-state index is 5.82. The first-order valence-corrected chi connectivity index (χ1v) is 6.49. The van der Waals surface area contributed by atoms with Gasteiger partial charge < -0.3 is 5.32 Å². The Kier molecular flexibility index (Phi) is 4.26. The van der Waals surface area contributed by atoms with Gasteiger partial charge in [0.15, 0.2) is 0 Å². The summed E-state index contributed by atoms with van der Waals surface area (Å²) in [6.45, 7) is 0.685. The molecule has 0 aliphatic heterocycles. The van der Waals surface area contributed by atoms with Crippen LogP contribution in [0.25, 0.3) is 0 Å². The van der Waals surface area contributed by atoms with E-state index in [1.807, 2.05) is 24.3 Å². The highest BCUT2D eigenvalue weighted by Gasteiger charge is 2.02. The van der Waals surface area contributed by atoms with E-state index in [1.54, 1.807) is 12.3 Å². The predicted molar refractivity (Wildman–Crippen MR) is 75.7 cm³/mol. The number of nitrogens with zero attached hydrogens (tertiary/aromatic N) is 1. The predicted octanol–water partition coefficient (Wildman–Crippen LogP) is 4.76. The number of nitrogens with one attached hydrogen (secondary N) is 1. The third-order valence-corrected chi connectivity index (χ3v) is 3.24. The van der Waals surface area contributed by atoms with Crippen LogP contribution in [0.5, 0.6) is 0 Å². The molecular weight excluding hydrogens is 323 g/mol. The highest BCUT2D eigenvalue weighted by atomic mass is 79.9. The van der Waals surface area contributed by atoms with Gasteiger partial charge in [0.1, 0.15) is 5.82 Å². The van der Waals surface area contributed by atoms with E-state index in [2.05, 4.69) is 26.2 Å². The molecule has 88 valence electrons. The van der Waals surface area contributed by atoms with Gasteiger partial charge in [0.05, 0.1) is 9.50 Å². The summed E-state index contributed by atoms with van der Waals surface area (Å²) in [6.07, 6.45) is 1.61. The second-order valence-corrected chi connectivity index (χ2v) is 5.19. The van der Waals surface area contributed by atoms with Crippen molar-refractivity contribution < 1.29 is 0 Å². The van der Waals surface area contributed by atoms with E-state index in [0.717, 1.165) is 20.9 Å². The normalized spacial score (nSPS) is 10.3. The molecule has 0 spiro atoms. The van der Waals surface area contributed by atoms with Crippen LogP contribution in [0, 0.1) is 0 Å². The lowest BCUT2D eigenvalue weighted by molar-refractivity contribution is 1.11. The average Bonchev–Trinajstić information content (AvgIpc) is 2.30. The van der Waals surface area contributed by atoms with Crippen LogP contribution in [0.4, 0.5) is 5.82 Å². The van der Waals surface area contributed by atoms with Crippen molar-refractivity contribution in [2.75, 3.05) is 5.32 Å². The Morgan fingerprint density at radius 2 is 1.82 bits per heavy atom. The highest BCUT2D eigenvalue weighted by molar-refractivity contribution is 9.10. The Balaban J connectivity index is 2.04. The van der Waals surface area contributed by atoms with Gasteiger partial charge in [-0.15, -0.1) is 0 Å². The molecule has 0 unspecified atom stereocenters. The van der Waals surface area contributed by atoms with E-state index in [9.17, 15) is 0 Å². The van der Waals surface area contributed by atoms with E-state index in [-0.39, 0.29) is 0 Å². The number of pyridine rings is 1. The Hall–Kier alpha value is -0.770. The molecule has 0 saturated carbocycles. The summed E-state index contributed by atoms with van der Waals surface area (Å²) >= 11 is 15.0. The Morgan fingerprint density at radius 3 is 2.47 bits per heavy atom. The molecular formula is C12H9BrCl2N2. The van der Waals surface area contributed by atoms with E-state index in [4.69, 9.17) is 23.2 Å². The van der Waals surface area contributed by atoms with Crippen molar-refractivity contribution in [3.63, 3.8) is 0 Å². The molecule has 1 N–H and O–H groups in total. The van der Waals surface area contributed by atoms with Crippen molar-refractivity contribution in [1.29, 1.82) is 0 Å². The summed E-state index contributed by atoms with van der Waals surface area (Å²) in [5.74, 6) is 0.768. The monoisotopic (exact) mass is 330 g/mol. The summed E-state index contributed by atoms with van der Waals surface area (Å²) in [4.78, 5) is 4.19. The first-order chi connectivity index (χ1) is 8.15. The topological polar surface area (TPSA) is 24.9 Å². The van der Waals surface area contributed by atoms with Gasteiger partial charge in [-0.05, 0) is 39.7 Å². The number of hydrogen-bond acceptors (Lipinski definition) is 2. The highest BCUT2D eigenvalue weighted by Crippen LogP contribution is 2.23. The number of halogens is 3. The quantitative estimate of drug-likeness (QED) is 0.876. The Bertz CT molecular complexity index is 514. The molecule has 0 aliphatic rings. The van der Waals surface area contributed by atoms with Gasteiger partial charge in [-0.3, -0.25) is 0 Å². The van der Waals surface area contributed by atoms with Crippen LogP contribution in [0.1, 0.15) is 5.56 Å². The van der Waals surface area contributed by atoms with Gasteiger partial charge in [0.25, 0.3) is 0 Å². The molecule has 17 heavy (non-hydrogen) atoms. The zero-order chi connectivity index (χ0) is 12.3. The van der Waals surface area contributed by atoms with Gasteiger partial charge in [-0.1, -0.05) is 35.3 Å². The lowest BCUT2D eigenvalue weighted by Crippen LogP contribution is -2.01. The summed E-state index contributed by atoms with van der Waals surface area (Å²) in [6, 6.07) is 9.48. The van der Waals surface area contributed by atoms with Crippen LogP contribution in [0.15, 0.2) is 41.0 Å². The van der Waals surface area contributed by atoms with Crippen LogP contribution in [-0.4, -0.2) is 4.98 Å². The van der Waals surface area contributed by atoms with Gasteiger partial charge >= 0.3 is 0 Å². The molecule has 0 bridgehead atoms. The van der Waals surface area contributed by atoms with Crippen molar-refractivity contribution >= 4 is 44.9 Å². The molecule has 1 aromatic carbocycles. The van der Waals surface area contributed by atoms with Crippen molar-refractivity contribution in [3.05, 3.63) is 56.6 Å². The minimum absolute atomic E-state index is 0.605. The number of rotatable bonds is 3. The fourth-order valence-electron chi connectivity index (χ4n) is 1.33. The van der Waals surface area contributed by atoms with Crippen molar-refractivity contribution in [1.82, 2.24) is 4.98 Å². The van der Waals surface area contributed by atoms with Gasteiger partial charge in [-0.25, -0.2) is 4.98 Å². The van der Waals surface area contributed by atoms with Gasteiger partial charge in [0, 0.05) is 17.8 Å². The molecule has 0 atom stereocenters. The van der Waals surface area contributed by atoms with Crippen LogP contribution >= 0.6 is 39.1 Å². The minimum atomic E-state index is 0.605. The molecule has 0 fully saturated rings. The summed E-state index contributed by atoms with van der Waals surface area (Å²) in [7, 11) is 0. The lowest BCUT2D eigenvalue weighted by atomic mass is 10.2. The van der Waals surface area contributed by atoms with Crippen LogP contribution in [-0.2, 0) is 6.54 Å². The number of benzene rings is 1. The average molecular weight is 332 g/mol. The van der Waals surface area contributed by atoms with Crippen molar-refractivity contribution in [2.24, 2.45) is 0 Å². The summed E-state index contributed by atoms with van der Waals surface area (Å²) in [5.41, 5.74) is 1.14. The molecule has 1 aromatic heterocycles. The minimum Gasteiger partial charge on any atom is -0.365 e. The smallest absolute Gasteiger partial charge is 0.140 e. The largest absolute Gasteiger partial charge is 0.365 e. The fourth-order valence-corrected chi connectivity index (χ4v) is 2.24. The number of aromatic nitrogens is 1. The second kappa shape index (κ2) is 5.71. The number of hydrogen-bond donors (Lipinski definition) is 1. The van der Waals surface area contributed by atoms with Crippen LogP contribution in [0.2, 0.25) is 10.0 Å². The maximum absolute atomic E-state index is 5.82. The van der Waals surface area contributed by atoms with Crippen molar-refractivity contribution in [2.45, 2.75) is 6.54 Å². The third-order valence-electron chi connectivity index (χ3n) is 2.18.